The minimum absolute atomic E-state index is 0.964. The van der Waals surface area contributed by atoms with Gasteiger partial charge in [-0.1, -0.05) is 31.4 Å². The molecule has 0 aliphatic carbocycles. The summed E-state index contributed by atoms with van der Waals surface area (Å²) in [4.78, 5) is 0. The van der Waals surface area contributed by atoms with Gasteiger partial charge in [-0.15, -0.1) is 0 Å². The van der Waals surface area contributed by atoms with Gasteiger partial charge in [0.15, 0.2) is 0 Å². The van der Waals surface area contributed by atoms with E-state index in [2.05, 4.69) is 43.7 Å². The third kappa shape index (κ3) is 1.96. The molecule has 0 aliphatic heterocycles. The van der Waals surface area contributed by atoms with Gasteiger partial charge in [-0.25, -0.2) is 0 Å². The molecule has 15 heavy (non-hydrogen) atoms. The molecule has 1 rings (SSSR count). The molecular formula is C14H19N. The second kappa shape index (κ2) is 4.83. The van der Waals surface area contributed by atoms with Gasteiger partial charge in [-0.2, -0.15) is 0 Å². The predicted molar refractivity (Wildman–Crippen MR) is 69.0 cm³/mol. The van der Waals surface area contributed by atoms with E-state index >= 15 is 0 Å². The minimum atomic E-state index is 0.964. The summed E-state index contributed by atoms with van der Waals surface area (Å²) in [5.74, 6) is 0. The average molecular weight is 201 g/mol. The Morgan fingerprint density at radius 2 is 2.07 bits per heavy atom. The molecule has 1 nitrogen and oxygen atoms in total. The average Bonchev–Trinajstić information content (AvgIpc) is 2.44. The Morgan fingerprint density at radius 1 is 1.40 bits per heavy atom. The lowest BCUT2D eigenvalue weighted by molar-refractivity contribution is 0.719. The predicted octanol–water partition coefficient (Wildman–Crippen LogP) is 2.23. The first kappa shape index (κ1) is 11.6. The molecular weight excluding hydrogens is 182 g/mol. The van der Waals surface area contributed by atoms with Crippen LogP contribution in [0.5, 0.6) is 0 Å². The maximum Gasteiger partial charge on any atom is 0.0482 e. The molecule has 0 N–H and O–H groups in total. The number of aromatic nitrogens is 1. The molecule has 1 aromatic rings. The van der Waals surface area contributed by atoms with Crippen LogP contribution in [0.3, 0.4) is 0 Å². The van der Waals surface area contributed by atoms with Crippen molar-refractivity contribution in [2.24, 2.45) is 0 Å². The fourth-order valence-corrected chi connectivity index (χ4v) is 1.94. The highest BCUT2D eigenvalue weighted by molar-refractivity contribution is 5.55. The molecule has 0 fully saturated rings. The first-order valence-electron chi connectivity index (χ1n) is 5.30. The Kier molecular flexibility index (Phi) is 3.73. The molecule has 0 aliphatic rings. The number of allylic oxidation sites excluding steroid dienone is 2. The van der Waals surface area contributed by atoms with Gasteiger partial charge in [0.05, 0.1) is 0 Å². The highest BCUT2D eigenvalue weighted by atomic mass is 15.0. The summed E-state index contributed by atoms with van der Waals surface area (Å²) >= 11 is 0. The highest BCUT2D eigenvalue weighted by Crippen LogP contribution is 2.03. The Labute approximate surface area is 91.7 Å². The zero-order chi connectivity index (χ0) is 11.4. The van der Waals surface area contributed by atoms with Crippen LogP contribution in [0.2, 0.25) is 0 Å². The quantitative estimate of drug-likeness (QED) is 0.706. The van der Waals surface area contributed by atoms with Gasteiger partial charge in [0, 0.05) is 23.2 Å². The normalized spacial score (nSPS) is 12.6. The summed E-state index contributed by atoms with van der Waals surface area (Å²) < 4.78 is 2.26. The first-order chi connectivity index (χ1) is 7.17. The van der Waals surface area contributed by atoms with Crippen LogP contribution in [0.1, 0.15) is 25.1 Å². The maximum atomic E-state index is 4.14. The summed E-state index contributed by atoms with van der Waals surface area (Å²) in [6.45, 7) is 15.1. The van der Waals surface area contributed by atoms with Crippen LogP contribution in [-0.2, 0) is 6.54 Å². The molecule has 0 bridgehead atoms. The van der Waals surface area contributed by atoms with Crippen LogP contribution in [0.25, 0.3) is 18.7 Å². The van der Waals surface area contributed by atoms with E-state index in [0.717, 1.165) is 17.1 Å². The molecule has 0 saturated heterocycles. The smallest absolute Gasteiger partial charge is 0.0482 e. The van der Waals surface area contributed by atoms with E-state index in [1.807, 2.05) is 19.1 Å². The third-order valence-corrected chi connectivity index (χ3v) is 2.65. The van der Waals surface area contributed by atoms with E-state index in [9.17, 15) is 0 Å². The van der Waals surface area contributed by atoms with Gasteiger partial charge >= 0.3 is 0 Å². The van der Waals surface area contributed by atoms with Crippen molar-refractivity contribution < 1.29 is 0 Å². The van der Waals surface area contributed by atoms with E-state index in [1.54, 1.807) is 0 Å². The summed E-state index contributed by atoms with van der Waals surface area (Å²) in [5, 5.41) is 2.26. The molecule has 0 amide bonds. The maximum absolute atomic E-state index is 4.14. The molecule has 80 valence electrons. The largest absolute Gasteiger partial charge is 0.345 e. The second-order valence-electron chi connectivity index (χ2n) is 3.51. The Balaban J connectivity index is 3.68. The SMILES string of the molecule is C=C/C=c1\c(=C)c(/C=C\C)c(C)n1CC. The van der Waals surface area contributed by atoms with Crippen molar-refractivity contribution in [3.8, 4) is 0 Å². The molecule has 1 heterocycles. The Bertz CT molecular complexity index is 486. The van der Waals surface area contributed by atoms with E-state index in [4.69, 9.17) is 0 Å². The highest BCUT2D eigenvalue weighted by Gasteiger charge is 2.05. The van der Waals surface area contributed by atoms with Gasteiger partial charge in [0.25, 0.3) is 0 Å². The molecule has 1 heteroatoms. The van der Waals surface area contributed by atoms with Crippen molar-refractivity contribution in [3.63, 3.8) is 0 Å². The monoisotopic (exact) mass is 201 g/mol. The summed E-state index contributed by atoms with van der Waals surface area (Å²) in [5.41, 5.74) is 2.50. The fraction of sp³-hybridized carbons (Fsp3) is 0.286. The first-order valence-corrected chi connectivity index (χ1v) is 5.30. The molecule has 0 aromatic carbocycles. The number of hydrogen-bond donors (Lipinski definition) is 0. The third-order valence-electron chi connectivity index (χ3n) is 2.65. The number of nitrogens with zero attached hydrogens (tertiary/aromatic N) is 1. The van der Waals surface area contributed by atoms with Gasteiger partial charge in [-0.3, -0.25) is 0 Å². The van der Waals surface area contributed by atoms with Crippen LogP contribution in [-0.4, -0.2) is 4.57 Å². The van der Waals surface area contributed by atoms with Crippen LogP contribution in [0.15, 0.2) is 18.7 Å². The van der Waals surface area contributed by atoms with E-state index in [1.165, 1.54) is 11.3 Å². The zero-order valence-electron chi connectivity index (χ0n) is 9.88. The van der Waals surface area contributed by atoms with Gasteiger partial charge in [-0.05, 0) is 32.1 Å². The van der Waals surface area contributed by atoms with Crippen LogP contribution in [0, 0.1) is 6.92 Å². The van der Waals surface area contributed by atoms with E-state index in [-0.39, 0.29) is 0 Å². The molecule has 0 unspecified atom stereocenters. The standard InChI is InChI=1S/C14H19N/c1-6-9-13-11(4)14(10-7-2)15(8-3)12(13)5/h6-7,9-10H,2,4,8H2,1,3,5H3/b9-6-,14-10+. The van der Waals surface area contributed by atoms with Crippen molar-refractivity contribution in [2.75, 3.05) is 0 Å². The van der Waals surface area contributed by atoms with Gasteiger partial charge in [0.2, 0.25) is 0 Å². The van der Waals surface area contributed by atoms with Gasteiger partial charge in [0.1, 0.15) is 0 Å². The topological polar surface area (TPSA) is 4.93 Å². The Hall–Kier alpha value is -1.50. The molecule has 0 saturated carbocycles. The van der Waals surface area contributed by atoms with Crippen LogP contribution in [0.4, 0.5) is 0 Å². The second-order valence-corrected chi connectivity index (χ2v) is 3.51. The van der Waals surface area contributed by atoms with Crippen molar-refractivity contribution >= 4 is 18.7 Å². The summed E-state index contributed by atoms with van der Waals surface area (Å²) in [7, 11) is 0. The summed E-state index contributed by atoms with van der Waals surface area (Å²) in [6, 6.07) is 0. The van der Waals surface area contributed by atoms with Crippen molar-refractivity contribution in [1.82, 2.24) is 4.57 Å². The van der Waals surface area contributed by atoms with Gasteiger partial charge < -0.3 is 4.57 Å². The van der Waals surface area contributed by atoms with E-state index < -0.39 is 0 Å². The van der Waals surface area contributed by atoms with Crippen molar-refractivity contribution in [1.29, 1.82) is 0 Å². The lowest BCUT2D eigenvalue weighted by atomic mass is 10.2. The summed E-state index contributed by atoms with van der Waals surface area (Å²) in [6.07, 6.45) is 8.00. The zero-order valence-corrected chi connectivity index (χ0v) is 9.88. The molecule has 0 spiro atoms. The fourth-order valence-electron chi connectivity index (χ4n) is 1.94. The van der Waals surface area contributed by atoms with E-state index in [0.29, 0.717) is 0 Å². The lowest BCUT2D eigenvalue weighted by Crippen LogP contribution is -2.28. The lowest BCUT2D eigenvalue weighted by Gasteiger charge is -2.02. The number of hydrogen-bond acceptors (Lipinski definition) is 0. The Morgan fingerprint density at radius 3 is 2.53 bits per heavy atom. The van der Waals surface area contributed by atoms with Crippen LogP contribution >= 0.6 is 0 Å². The minimum Gasteiger partial charge on any atom is -0.345 e. The molecule has 0 radical (unpaired) electrons. The van der Waals surface area contributed by atoms with Crippen molar-refractivity contribution in [3.05, 3.63) is 40.6 Å². The number of rotatable bonds is 3. The van der Waals surface area contributed by atoms with Crippen molar-refractivity contribution in [2.45, 2.75) is 27.3 Å². The molecule has 0 atom stereocenters. The van der Waals surface area contributed by atoms with Crippen LogP contribution < -0.4 is 10.6 Å². The molecule has 1 aromatic heterocycles.